The van der Waals surface area contributed by atoms with Gasteiger partial charge in [-0.2, -0.15) is 0 Å². The molecule has 2 heteroatoms. The Bertz CT molecular complexity index is 81.0. The van der Waals surface area contributed by atoms with Crippen LogP contribution in [0.25, 0.3) is 0 Å². The Morgan fingerprint density at radius 2 is 2.25 bits per heavy atom. The molecule has 0 saturated carbocycles. The van der Waals surface area contributed by atoms with Crippen LogP contribution in [0.15, 0.2) is 0 Å². The molecule has 0 aromatic rings. The summed E-state index contributed by atoms with van der Waals surface area (Å²) in [4.78, 5) is 0. The van der Waals surface area contributed by atoms with Gasteiger partial charge in [-0.15, -0.1) is 0 Å². The molecule has 2 atom stereocenters. The molecule has 1 fully saturated rings. The molecule has 1 aliphatic heterocycles. The van der Waals surface area contributed by atoms with Gasteiger partial charge in [-0.05, 0) is 13.3 Å². The monoisotopic (exact) mass is 115 g/mol. The SMILES string of the molecule is CCC1(C[O])OC1C. The predicted octanol–water partition coefficient (Wildman–Crippen LogP) is 0.984. The Morgan fingerprint density at radius 3 is 2.25 bits per heavy atom. The van der Waals surface area contributed by atoms with Crippen molar-refractivity contribution in [3.05, 3.63) is 0 Å². The van der Waals surface area contributed by atoms with E-state index in [2.05, 4.69) is 0 Å². The van der Waals surface area contributed by atoms with Crippen molar-refractivity contribution in [2.45, 2.75) is 32.0 Å². The van der Waals surface area contributed by atoms with Gasteiger partial charge in [0.1, 0.15) is 12.2 Å². The first kappa shape index (κ1) is 6.05. The van der Waals surface area contributed by atoms with Crippen molar-refractivity contribution in [3.63, 3.8) is 0 Å². The molecule has 2 nitrogen and oxygen atoms in total. The first-order valence-corrected chi connectivity index (χ1v) is 3.01. The fraction of sp³-hybridized carbons (Fsp3) is 1.00. The summed E-state index contributed by atoms with van der Waals surface area (Å²) in [6.07, 6.45) is 1.07. The highest BCUT2D eigenvalue weighted by molar-refractivity contribution is 4.98. The quantitative estimate of drug-likeness (QED) is 0.494. The van der Waals surface area contributed by atoms with Crippen molar-refractivity contribution in [3.8, 4) is 0 Å². The lowest BCUT2D eigenvalue weighted by molar-refractivity contribution is 0.109. The molecule has 0 amide bonds. The van der Waals surface area contributed by atoms with Gasteiger partial charge in [0.15, 0.2) is 0 Å². The smallest absolute Gasteiger partial charge is 0.121 e. The van der Waals surface area contributed by atoms with Crippen molar-refractivity contribution in [2.24, 2.45) is 0 Å². The Kier molecular flexibility index (Phi) is 1.29. The third-order valence-electron chi connectivity index (χ3n) is 1.94. The van der Waals surface area contributed by atoms with Crippen LogP contribution >= 0.6 is 0 Å². The van der Waals surface area contributed by atoms with E-state index in [1.165, 1.54) is 0 Å². The summed E-state index contributed by atoms with van der Waals surface area (Å²) in [5.74, 6) is 0. The molecule has 0 N–H and O–H groups in total. The van der Waals surface area contributed by atoms with Crippen molar-refractivity contribution < 1.29 is 9.84 Å². The third kappa shape index (κ3) is 0.644. The van der Waals surface area contributed by atoms with Gasteiger partial charge < -0.3 is 4.74 Å². The molecule has 0 bridgehead atoms. The van der Waals surface area contributed by atoms with E-state index < -0.39 is 0 Å². The van der Waals surface area contributed by atoms with Gasteiger partial charge in [0.2, 0.25) is 0 Å². The van der Waals surface area contributed by atoms with Gasteiger partial charge in [-0.3, -0.25) is 0 Å². The van der Waals surface area contributed by atoms with Gasteiger partial charge >= 0.3 is 0 Å². The van der Waals surface area contributed by atoms with E-state index in [4.69, 9.17) is 4.74 Å². The normalized spacial score (nSPS) is 44.6. The van der Waals surface area contributed by atoms with Crippen LogP contribution in [0.1, 0.15) is 20.3 Å². The fourth-order valence-electron chi connectivity index (χ4n) is 0.942. The molecular formula is C6H11O2. The number of hydrogen-bond donors (Lipinski definition) is 0. The zero-order valence-corrected chi connectivity index (χ0v) is 5.31. The number of ether oxygens (including phenoxy) is 1. The van der Waals surface area contributed by atoms with Crippen LogP contribution in [0.3, 0.4) is 0 Å². The summed E-state index contributed by atoms with van der Waals surface area (Å²) in [6.45, 7) is 3.85. The highest BCUT2D eigenvalue weighted by atomic mass is 16.6. The maximum atomic E-state index is 10.3. The van der Waals surface area contributed by atoms with Crippen molar-refractivity contribution in [1.82, 2.24) is 0 Å². The minimum Gasteiger partial charge on any atom is -0.364 e. The zero-order chi connectivity index (χ0) is 6.20. The van der Waals surface area contributed by atoms with E-state index in [-0.39, 0.29) is 18.3 Å². The second kappa shape index (κ2) is 1.71. The third-order valence-corrected chi connectivity index (χ3v) is 1.94. The largest absolute Gasteiger partial charge is 0.364 e. The van der Waals surface area contributed by atoms with Gasteiger partial charge in [0, 0.05) is 0 Å². The van der Waals surface area contributed by atoms with Crippen LogP contribution in [0, 0.1) is 0 Å². The van der Waals surface area contributed by atoms with Crippen molar-refractivity contribution in [2.75, 3.05) is 6.61 Å². The van der Waals surface area contributed by atoms with E-state index in [1.807, 2.05) is 13.8 Å². The Hall–Kier alpha value is -0.0800. The van der Waals surface area contributed by atoms with Gasteiger partial charge in [0.25, 0.3) is 0 Å². The molecule has 1 radical (unpaired) electrons. The summed E-state index contributed by atoms with van der Waals surface area (Å²) in [5, 5.41) is 10.3. The topological polar surface area (TPSA) is 32.4 Å². The highest BCUT2D eigenvalue weighted by Crippen LogP contribution is 2.38. The standard InChI is InChI=1S/C6H11O2/c1-3-6(4-7)5(2)8-6/h5H,3-4H2,1-2H3. The first-order valence-electron chi connectivity index (χ1n) is 3.01. The van der Waals surface area contributed by atoms with Crippen molar-refractivity contribution >= 4 is 0 Å². The lowest BCUT2D eigenvalue weighted by Crippen LogP contribution is -2.16. The highest BCUT2D eigenvalue weighted by Gasteiger charge is 2.51. The van der Waals surface area contributed by atoms with Crippen LogP contribution in [-0.4, -0.2) is 18.3 Å². The predicted molar refractivity (Wildman–Crippen MR) is 29.1 cm³/mol. The number of epoxide rings is 1. The molecule has 8 heavy (non-hydrogen) atoms. The van der Waals surface area contributed by atoms with Gasteiger partial charge in [-0.25, -0.2) is 5.11 Å². The molecule has 0 aromatic heterocycles. The average molecular weight is 115 g/mol. The maximum Gasteiger partial charge on any atom is 0.121 e. The van der Waals surface area contributed by atoms with E-state index in [9.17, 15) is 5.11 Å². The minimum absolute atomic E-state index is 0.0787. The van der Waals surface area contributed by atoms with Gasteiger partial charge in [-0.1, -0.05) is 6.92 Å². The van der Waals surface area contributed by atoms with Gasteiger partial charge in [0.05, 0.1) is 6.10 Å². The Balaban J connectivity index is 2.39. The van der Waals surface area contributed by atoms with Crippen LogP contribution in [0.5, 0.6) is 0 Å². The van der Waals surface area contributed by atoms with Crippen LogP contribution < -0.4 is 0 Å². The lowest BCUT2D eigenvalue weighted by atomic mass is 10.1. The molecule has 1 heterocycles. The van der Waals surface area contributed by atoms with Crippen LogP contribution in [-0.2, 0) is 9.84 Å². The molecule has 0 spiro atoms. The summed E-state index contributed by atoms with van der Waals surface area (Å²) in [7, 11) is 0. The van der Waals surface area contributed by atoms with Crippen LogP contribution in [0.2, 0.25) is 0 Å². The summed E-state index contributed by atoms with van der Waals surface area (Å²) >= 11 is 0. The number of rotatable bonds is 2. The van der Waals surface area contributed by atoms with E-state index >= 15 is 0 Å². The van der Waals surface area contributed by atoms with E-state index in [0.717, 1.165) is 6.42 Å². The maximum absolute atomic E-state index is 10.3. The molecular weight excluding hydrogens is 104 g/mol. The molecule has 2 unspecified atom stereocenters. The average Bonchev–Trinajstić information content (AvgIpc) is 2.43. The van der Waals surface area contributed by atoms with Crippen molar-refractivity contribution in [1.29, 1.82) is 0 Å². The molecule has 47 valence electrons. The molecule has 0 aliphatic carbocycles. The molecule has 0 aromatic carbocycles. The Labute approximate surface area is 49.5 Å². The molecule has 1 rings (SSSR count). The first-order chi connectivity index (χ1) is 3.75. The fourth-order valence-corrected chi connectivity index (χ4v) is 0.942. The lowest BCUT2D eigenvalue weighted by Gasteiger charge is -1.99. The summed E-state index contributed by atoms with van der Waals surface area (Å²) in [5.41, 5.74) is -0.264. The second-order valence-corrected chi connectivity index (χ2v) is 2.32. The number of hydrogen-bond acceptors (Lipinski definition) is 1. The van der Waals surface area contributed by atoms with E-state index in [1.54, 1.807) is 0 Å². The van der Waals surface area contributed by atoms with E-state index in [0.29, 0.717) is 0 Å². The Morgan fingerprint density at radius 1 is 1.75 bits per heavy atom. The summed E-state index contributed by atoms with van der Waals surface area (Å²) < 4.78 is 5.09. The molecule has 1 saturated heterocycles. The minimum atomic E-state index is -0.264. The van der Waals surface area contributed by atoms with Crippen LogP contribution in [0.4, 0.5) is 0 Å². The summed E-state index contributed by atoms with van der Waals surface area (Å²) in [6, 6.07) is 0. The second-order valence-electron chi connectivity index (χ2n) is 2.32. The zero-order valence-electron chi connectivity index (χ0n) is 5.31. The molecule has 1 aliphatic rings.